The maximum absolute atomic E-state index is 11.4. The molecule has 8 heteroatoms. The summed E-state index contributed by atoms with van der Waals surface area (Å²) in [6.45, 7) is 8.69. The summed E-state index contributed by atoms with van der Waals surface area (Å²) in [5.41, 5.74) is 7.33. The Labute approximate surface area is 294 Å². The highest BCUT2D eigenvalue weighted by molar-refractivity contribution is 5.73. The molecule has 50 heavy (non-hydrogen) atoms. The number of carboxylic acids is 2. The lowest BCUT2D eigenvalue weighted by molar-refractivity contribution is -0.150. The smallest absolute Gasteiger partial charge is 0.333 e. The molecule has 0 saturated heterocycles. The number of carboxylic acid groups (broad SMARTS) is 2. The third-order valence-corrected chi connectivity index (χ3v) is 8.19. The van der Waals surface area contributed by atoms with Crippen LogP contribution < -0.4 is 9.47 Å². The summed E-state index contributed by atoms with van der Waals surface area (Å²) in [5, 5.41) is 18.6. The van der Waals surface area contributed by atoms with Crippen molar-refractivity contribution in [1.82, 2.24) is 0 Å². The Bertz CT molecular complexity index is 1720. The second kappa shape index (κ2) is 19.1. The molecule has 0 heterocycles. The van der Waals surface area contributed by atoms with Crippen LogP contribution in [0.5, 0.6) is 11.5 Å². The molecule has 0 radical (unpaired) electrons. The highest BCUT2D eigenvalue weighted by Crippen LogP contribution is 2.25. The van der Waals surface area contributed by atoms with Crippen LogP contribution in [0.1, 0.15) is 49.9 Å². The topological polar surface area (TPSA) is 112 Å². The first-order chi connectivity index (χ1) is 24.2. The second-order valence-electron chi connectivity index (χ2n) is 11.8. The van der Waals surface area contributed by atoms with Crippen molar-refractivity contribution in [1.29, 1.82) is 0 Å². The minimum Gasteiger partial charge on any atom is -0.490 e. The van der Waals surface area contributed by atoms with E-state index >= 15 is 0 Å². The highest BCUT2D eigenvalue weighted by atomic mass is 16.5. The van der Waals surface area contributed by atoms with Gasteiger partial charge in [-0.2, -0.15) is 0 Å². The molecule has 4 aromatic rings. The molecule has 8 nitrogen and oxygen atoms in total. The molecule has 262 valence electrons. The van der Waals surface area contributed by atoms with Gasteiger partial charge in [-0.15, -0.1) is 0 Å². The summed E-state index contributed by atoms with van der Waals surface area (Å²) in [6, 6.07) is 31.8. The number of benzene rings is 4. The predicted octanol–water partition coefficient (Wildman–Crippen LogP) is 8.43. The van der Waals surface area contributed by atoms with Crippen LogP contribution in [0, 0.1) is 0 Å². The van der Waals surface area contributed by atoms with Gasteiger partial charge in [0.15, 0.2) is 12.2 Å². The zero-order valence-electron chi connectivity index (χ0n) is 29.1. The number of allylic oxidation sites excluding steroid dienone is 3. The van der Waals surface area contributed by atoms with Gasteiger partial charge in [0.2, 0.25) is 0 Å². The van der Waals surface area contributed by atoms with Crippen LogP contribution in [0.25, 0.3) is 16.7 Å². The summed E-state index contributed by atoms with van der Waals surface area (Å²) in [4.78, 5) is 22.7. The lowest BCUT2D eigenvalue weighted by Crippen LogP contribution is -2.26. The average Bonchev–Trinajstić information content (AvgIpc) is 3.12. The molecule has 4 aromatic carbocycles. The Kier molecular flexibility index (Phi) is 14.4. The molecule has 0 bridgehead atoms. The Morgan fingerprint density at radius 2 is 1.12 bits per heavy atom. The van der Waals surface area contributed by atoms with Crippen molar-refractivity contribution < 1.29 is 38.7 Å². The van der Waals surface area contributed by atoms with Gasteiger partial charge in [-0.3, -0.25) is 0 Å². The fourth-order valence-corrected chi connectivity index (χ4v) is 5.35. The van der Waals surface area contributed by atoms with Gasteiger partial charge in [0.05, 0.1) is 0 Å². The van der Waals surface area contributed by atoms with Gasteiger partial charge in [0.1, 0.15) is 23.9 Å². The predicted molar refractivity (Wildman–Crippen MR) is 196 cm³/mol. The monoisotopic (exact) mass is 678 g/mol. The van der Waals surface area contributed by atoms with Crippen molar-refractivity contribution in [2.75, 3.05) is 19.8 Å². The molecule has 2 atom stereocenters. The number of hydrogen-bond acceptors (Lipinski definition) is 6. The first-order valence-electron chi connectivity index (χ1n) is 16.9. The normalized spacial score (nSPS) is 13.0. The third kappa shape index (κ3) is 11.5. The van der Waals surface area contributed by atoms with Crippen LogP contribution in [-0.4, -0.2) is 54.2 Å². The van der Waals surface area contributed by atoms with Crippen LogP contribution in [0.15, 0.2) is 115 Å². The summed E-state index contributed by atoms with van der Waals surface area (Å²) in [7, 11) is 0. The summed E-state index contributed by atoms with van der Waals surface area (Å²) < 4.78 is 22.7. The van der Waals surface area contributed by atoms with Crippen LogP contribution in [0.3, 0.4) is 0 Å². The molecule has 0 spiro atoms. The largest absolute Gasteiger partial charge is 0.490 e. The van der Waals surface area contributed by atoms with Crippen LogP contribution in [0.2, 0.25) is 0 Å². The second-order valence-corrected chi connectivity index (χ2v) is 11.8. The molecule has 0 aliphatic rings. The van der Waals surface area contributed by atoms with Crippen molar-refractivity contribution in [2.45, 2.75) is 59.2 Å². The molecule has 0 fully saturated rings. The lowest BCUT2D eigenvalue weighted by atomic mass is 9.99. The van der Waals surface area contributed by atoms with Gasteiger partial charge < -0.3 is 29.2 Å². The summed E-state index contributed by atoms with van der Waals surface area (Å²) >= 11 is 0. The van der Waals surface area contributed by atoms with Crippen molar-refractivity contribution in [3.63, 3.8) is 0 Å². The number of ether oxygens (including phenoxy) is 4. The molecule has 0 aromatic heterocycles. The zero-order chi connectivity index (χ0) is 35.9. The molecular formula is C42H46O8. The summed E-state index contributed by atoms with van der Waals surface area (Å²) in [5.74, 6) is 0.300. The van der Waals surface area contributed by atoms with E-state index in [0.717, 1.165) is 44.7 Å². The van der Waals surface area contributed by atoms with E-state index in [-0.39, 0.29) is 0 Å². The van der Waals surface area contributed by atoms with E-state index in [2.05, 4.69) is 55.5 Å². The quantitative estimate of drug-likeness (QED) is 0.0951. The molecule has 0 amide bonds. The first-order valence-corrected chi connectivity index (χ1v) is 16.9. The molecule has 0 aliphatic heterocycles. The molecule has 0 aliphatic carbocycles. The van der Waals surface area contributed by atoms with E-state index in [1.165, 1.54) is 0 Å². The maximum Gasteiger partial charge on any atom is 0.333 e. The van der Waals surface area contributed by atoms with Crippen LogP contribution >= 0.6 is 0 Å². The zero-order valence-corrected chi connectivity index (χ0v) is 29.1. The van der Waals surface area contributed by atoms with Crippen LogP contribution in [0.4, 0.5) is 0 Å². The van der Waals surface area contributed by atoms with Gasteiger partial charge in [0, 0.05) is 32.5 Å². The van der Waals surface area contributed by atoms with Crippen molar-refractivity contribution in [3.05, 3.63) is 137 Å². The maximum atomic E-state index is 11.4. The van der Waals surface area contributed by atoms with Crippen LogP contribution in [-0.2, 0) is 38.3 Å². The van der Waals surface area contributed by atoms with E-state index in [1.807, 2.05) is 67.6 Å². The van der Waals surface area contributed by atoms with Gasteiger partial charge in [-0.05, 0) is 103 Å². The Balaban J connectivity index is 1.27. The Morgan fingerprint density at radius 3 is 1.58 bits per heavy atom. The highest BCUT2D eigenvalue weighted by Gasteiger charge is 2.19. The lowest BCUT2D eigenvalue weighted by Gasteiger charge is -2.14. The Morgan fingerprint density at radius 1 is 0.660 bits per heavy atom. The van der Waals surface area contributed by atoms with Gasteiger partial charge >= 0.3 is 11.9 Å². The van der Waals surface area contributed by atoms with E-state index in [0.29, 0.717) is 50.6 Å². The van der Waals surface area contributed by atoms with Crippen molar-refractivity contribution in [3.8, 4) is 22.6 Å². The average molecular weight is 679 g/mol. The summed E-state index contributed by atoms with van der Waals surface area (Å²) in [6.07, 6.45) is 3.52. The molecule has 2 N–H and O–H groups in total. The number of hydrogen-bond donors (Lipinski definition) is 2. The molecular weight excluding hydrogens is 632 g/mol. The SMILES string of the molecule is CC=C(Cc1ccc(-c2ccc(C(C)=CCOc3ccc(CC(OCC)C(=O)O)cc3)cc2)cc1)Oc1ccc(CC(OCC)C(=O)O)cc1. The van der Waals surface area contributed by atoms with E-state index in [1.54, 1.807) is 13.8 Å². The molecule has 0 saturated carbocycles. The molecule has 4 rings (SSSR count). The standard InChI is InChI=1S/C42H46O8/c1-5-36(50-38-22-12-32(13-23-38)28-40(42(45)46)48-7-3)26-30-8-14-34(15-9-30)35-18-16-33(17-19-35)29(4)24-25-49-37-20-10-31(11-21-37)27-39(41(43)44)47-6-2/h5,8-24,39-40H,6-7,25-28H2,1-4H3,(H,43,44)(H,45,46). The third-order valence-electron chi connectivity index (χ3n) is 8.19. The van der Waals surface area contributed by atoms with Gasteiger partial charge in [0.25, 0.3) is 0 Å². The fourth-order valence-electron chi connectivity index (χ4n) is 5.35. The van der Waals surface area contributed by atoms with Gasteiger partial charge in [-0.1, -0.05) is 72.8 Å². The number of carbonyl (C=O) groups is 2. The number of aliphatic carboxylic acids is 2. The minimum absolute atomic E-state index is 0.299. The number of rotatable bonds is 19. The Hall–Kier alpha value is -5.18. The molecule has 2 unspecified atom stereocenters. The minimum atomic E-state index is -0.966. The van der Waals surface area contributed by atoms with Crippen molar-refractivity contribution in [2.24, 2.45) is 0 Å². The van der Waals surface area contributed by atoms with E-state index in [4.69, 9.17) is 18.9 Å². The van der Waals surface area contributed by atoms with E-state index in [9.17, 15) is 19.8 Å². The van der Waals surface area contributed by atoms with Crippen molar-refractivity contribution >= 4 is 17.5 Å². The van der Waals surface area contributed by atoms with Gasteiger partial charge in [-0.25, -0.2) is 9.59 Å². The first kappa shape index (κ1) is 37.6. The fraction of sp³-hybridized carbons (Fsp3) is 0.286. The van der Waals surface area contributed by atoms with E-state index < -0.39 is 24.1 Å².